The Morgan fingerprint density at radius 3 is 2.46 bits per heavy atom. The average Bonchev–Trinajstić information content (AvgIpc) is 3.35. The number of carbonyl (C=O) groups excluding carboxylic acids is 2. The molecule has 1 N–H and O–H groups in total. The molecule has 3 heterocycles. The van der Waals surface area contributed by atoms with Gasteiger partial charge in [0.1, 0.15) is 6.54 Å². The minimum absolute atomic E-state index is 0.151. The van der Waals surface area contributed by atoms with E-state index in [-0.39, 0.29) is 23.3 Å². The van der Waals surface area contributed by atoms with Crippen molar-refractivity contribution < 1.29 is 18.0 Å². The summed E-state index contributed by atoms with van der Waals surface area (Å²) in [5.41, 5.74) is 1.64. The number of halogens is 1. The van der Waals surface area contributed by atoms with Crippen LogP contribution in [0, 0.1) is 0 Å². The molecular formula is C25H24ClN3O4S2. The molecule has 5 rings (SSSR count). The second kappa shape index (κ2) is 9.73. The number of piperidine rings is 1. The molecule has 10 heteroatoms. The Hall–Kier alpha value is -2.72. The molecule has 182 valence electrons. The molecule has 0 radical (unpaired) electrons. The Morgan fingerprint density at radius 2 is 1.77 bits per heavy atom. The molecule has 1 atom stereocenters. The van der Waals surface area contributed by atoms with Gasteiger partial charge >= 0.3 is 0 Å². The van der Waals surface area contributed by atoms with Crippen LogP contribution < -0.4 is 5.32 Å². The van der Waals surface area contributed by atoms with E-state index in [1.54, 1.807) is 18.2 Å². The zero-order chi connectivity index (χ0) is 24.6. The predicted molar refractivity (Wildman–Crippen MR) is 136 cm³/mol. The summed E-state index contributed by atoms with van der Waals surface area (Å²) in [5.74, 6) is -0.682. The molecule has 35 heavy (non-hydrogen) atoms. The SMILES string of the molecule is O=C1CN(C(=O)c2ccc(S(=O)(=O)N3CCCCC3)cc2)C(c2cccs2)c2cc(Cl)ccc2N1. The smallest absolute Gasteiger partial charge is 0.255 e. The predicted octanol–water partition coefficient (Wildman–Crippen LogP) is 4.76. The molecule has 1 unspecified atom stereocenters. The van der Waals surface area contributed by atoms with E-state index in [9.17, 15) is 18.0 Å². The first-order valence-corrected chi connectivity index (χ1v) is 14.1. The molecule has 1 saturated heterocycles. The molecule has 3 aromatic rings. The highest BCUT2D eigenvalue weighted by Gasteiger charge is 2.35. The van der Waals surface area contributed by atoms with E-state index in [0.29, 0.717) is 29.4 Å². The summed E-state index contributed by atoms with van der Waals surface area (Å²) < 4.78 is 27.5. The van der Waals surface area contributed by atoms with Crippen LogP contribution in [0.3, 0.4) is 0 Å². The quantitative estimate of drug-likeness (QED) is 0.528. The summed E-state index contributed by atoms with van der Waals surface area (Å²) in [6.45, 7) is 0.869. The first-order chi connectivity index (χ1) is 16.8. The van der Waals surface area contributed by atoms with Crippen molar-refractivity contribution in [3.05, 3.63) is 81.0 Å². The standard InChI is InChI=1S/C25H24ClN3O4S2/c26-18-8-11-21-20(15-18)24(22-5-4-14-34-22)29(16-23(30)27-21)25(31)17-6-9-19(10-7-17)35(32,33)28-12-2-1-3-13-28/h4-11,14-15,24H,1-3,12-13,16H2,(H,27,30). The van der Waals surface area contributed by atoms with E-state index in [1.165, 1.54) is 44.8 Å². The molecular weight excluding hydrogens is 506 g/mol. The Labute approximate surface area is 213 Å². The molecule has 1 fully saturated rings. The van der Waals surface area contributed by atoms with Crippen LogP contribution in [0.15, 0.2) is 64.9 Å². The third-order valence-corrected chi connectivity index (χ3v) is 9.41. The number of hydrogen-bond donors (Lipinski definition) is 1. The van der Waals surface area contributed by atoms with Crippen LogP contribution in [-0.2, 0) is 14.8 Å². The van der Waals surface area contributed by atoms with Crippen molar-refractivity contribution in [2.45, 2.75) is 30.2 Å². The van der Waals surface area contributed by atoms with E-state index < -0.39 is 16.1 Å². The molecule has 7 nitrogen and oxygen atoms in total. The van der Waals surface area contributed by atoms with Gasteiger partial charge < -0.3 is 10.2 Å². The van der Waals surface area contributed by atoms with Crippen molar-refractivity contribution in [3.63, 3.8) is 0 Å². The summed E-state index contributed by atoms with van der Waals surface area (Å²) in [4.78, 5) is 29.0. The normalized spacial score (nSPS) is 19.1. The highest BCUT2D eigenvalue weighted by atomic mass is 35.5. The molecule has 0 spiro atoms. The van der Waals surface area contributed by atoms with Gasteiger partial charge in [-0.05, 0) is 66.8 Å². The van der Waals surface area contributed by atoms with E-state index in [0.717, 1.165) is 29.7 Å². The van der Waals surface area contributed by atoms with Crippen LogP contribution in [0.1, 0.15) is 46.1 Å². The second-order valence-corrected chi connectivity index (χ2v) is 12.0. The molecule has 2 aromatic carbocycles. The minimum Gasteiger partial charge on any atom is -0.324 e. The summed E-state index contributed by atoms with van der Waals surface area (Å²) in [7, 11) is -3.60. The van der Waals surface area contributed by atoms with Crippen LogP contribution in [0.4, 0.5) is 5.69 Å². The number of amides is 2. The average molecular weight is 530 g/mol. The number of nitrogens with zero attached hydrogens (tertiary/aromatic N) is 2. The first-order valence-electron chi connectivity index (χ1n) is 11.4. The van der Waals surface area contributed by atoms with Crippen molar-refractivity contribution in [1.29, 1.82) is 0 Å². The third kappa shape index (κ3) is 4.73. The van der Waals surface area contributed by atoms with Crippen molar-refractivity contribution in [2.75, 3.05) is 25.0 Å². The maximum atomic E-state index is 13.7. The minimum atomic E-state index is -3.60. The first kappa shape index (κ1) is 24.0. The summed E-state index contributed by atoms with van der Waals surface area (Å²) in [5, 5.41) is 5.29. The Morgan fingerprint density at radius 1 is 1.03 bits per heavy atom. The van der Waals surface area contributed by atoms with Gasteiger partial charge in [-0.25, -0.2) is 8.42 Å². The third-order valence-electron chi connectivity index (χ3n) is 6.34. The number of sulfonamides is 1. The van der Waals surface area contributed by atoms with E-state index >= 15 is 0 Å². The number of rotatable bonds is 4. The molecule has 0 aliphatic carbocycles. The van der Waals surface area contributed by atoms with E-state index in [1.807, 2.05) is 17.5 Å². The Balaban J connectivity index is 1.50. The molecule has 2 aliphatic heterocycles. The molecule has 2 aliphatic rings. The summed E-state index contributed by atoms with van der Waals surface area (Å²) in [6, 6.07) is 14.5. The maximum Gasteiger partial charge on any atom is 0.255 e. The molecule has 0 bridgehead atoms. The largest absolute Gasteiger partial charge is 0.324 e. The number of fused-ring (bicyclic) bond motifs is 1. The van der Waals surface area contributed by atoms with Gasteiger partial charge in [-0.1, -0.05) is 24.1 Å². The summed E-state index contributed by atoms with van der Waals surface area (Å²) >= 11 is 7.77. The van der Waals surface area contributed by atoms with Crippen LogP contribution in [-0.4, -0.2) is 49.1 Å². The van der Waals surface area contributed by atoms with Gasteiger partial charge in [0, 0.05) is 39.8 Å². The van der Waals surface area contributed by atoms with Crippen LogP contribution >= 0.6 is 22.9 Å². The van der Waals surface area contributed by atoms with Gasteiger partial charge in [0.05, 0.1) is 10.9 Å². The van der Waals surface area contributed by atoms with Gasteiger partial charge in [-0.2, -0.15) is 4.31 Å². The number of benzene rings is 2. The highest BCUT2D eigenvalue weighted by molar-refractivity contribution is 7.89. The zero-order valence-electron chi connectivity index (χ0n) is 18.8. The Kier molecular flexibility index (Phi) is 6.67. The number of nitrogens with one attached hydrogen (secondary N) is 1. The molecule has 2 amide bonds. The van der Waals surface area contributed by atoms with Crippen molar-refractivity contribution in [1.82, 2.24) is 9.21 Å². The maximum absolute atomic E-state index is 13.7. The van der Waals surface area contributed by atoms with Crippen molar-refractivity contribution >= 4 is 50.5 Å². The fourth-order valence-electron chi connectivity index (χ4n) is 4.61. The lowest BCUT2D eigenvalue weighted by Crippen LogP contribution is -2.38. The van der Waals surface area contributed by atoms with Crippen molar-refractivity contribution in [2.24, 2.45) is 0 Å². The molecule has 1 aromatic heterocycles. The summed E-state index contributed by atoms with van der Waals surface area (Å²) in [6.07, 6.45) is 2.73. The van der Waals surface area contributed by atoms with Crippen LogP contribution in [0.5, 0.6) is 0 Å². The molecule has 0 saturated carbocycles. The lowest BCUT2D eigenvalue weighted by atomic mass is 10.0. The van der Waals surface area contributed by atoms with E-state index in [4.69, 9.17) is 11.6 Å². The number of carbonyl (C=O) groups is 2. The number of anilines is 1. The van der Waals surface area contributed by atoms with Gasteiger partial charge in [0.25, 0.3) is 5.91 Å². The van der Waals surface area contributed by atoms with Crippen molar-refractivity contribution in [3.8, 4) is 0 Å². The number of thiophene rings is 1. The van der Waals surface area contributed by atoms with Gasteiger partial charge in [0.2, 0.25) is 15.9 Å². The monoisotopic (exact) mass is 529 g/mol. The van der Waals surface area contributed by atoms with Gasteiger partial charge in [-0.3, -0.25) is 9.59 Å². The van der Waals surface area contributed by atoms with Crippen LogP contribution in [0.25, 0.3) is 0 Å². The zero-order valence-corrected chi connectivity index (χ0v) is 21.2. The van der Waals surface area contributed by atoms with Gasteiger partial charge in [-0.15, -0.1) is 11.3 Å². The number of hydrogen-bond acceptors (Lipinski definition) is 5. The van der Waals surface area contributed by atoms with E-state index in [2.05, 4.69) is 5.32 Å². The fraction of sp³-hybridized carbons (Fsp3) is 0.280. The highest BCUT2D eigenvalue weighted by Crippen LogP contribution is 2.39. The fourth-order valence-corrected chi connectivity index (χ4v) is 7.16. The van der Waals surface area contributed by atoms with Crippen LogP contribution in [0.2, 0.25) is 5.02 Å². The second-order valence-electron chi connectivity index (χ2n) is 8.62. The lowest BCUT2D eigenvalue weighted by Gasteiger charge is -2.30. The lowest BCUT2D eigenvalue weighted by molar-refractivity contribution is -0.117. The topological polar surface area (TPSA) is 86.8 Å². The Bertz CT molecular complexity index is 1350. The van der Waals surface area contributed by atoms with Gasteiger partial charge in [0.15, 0.2) is 0 Å².